The smallest absolute Gasteiger partial charge is 0.255 e. The van der Waals surface area contributed by atoms with E-state index in [0.717, 1.165) is 76.3 Å². The van der Waals surface area contributed by atoms with Crippen molar-refractivity contribution in [2.24, 2.45) is 5.92 Å². The fourth-order valence-electron chi connectivity index (χ4n) is 11.2. The summed E-state index contributed by atoms with van der Waals surface area (Å²) in [6.45, 7) is 7.66. The van der Waals surface area contributed by atoms with Gasteiger partial charge in [0.25, 0.3) is 5.91 Å². The van der Waals surface area contributed by atoms with E-state index in [1.807, 2.05) is 24.3 Å². The van der Waals surface area contributed by atoms with Crippen molar-refractivity contribution in [1.29, 1.82) is 0 Å². The Morgan fingerprint density at radius 2 is 1.43 bits per heavy atom. The number of phenols is 1. The van der Waals surface area contributed by atoms with Crippen LogP contribution in [0.1, 0.15) is 88.2 Å². The van der Waals surface area contributed by atoms with Crippen molar-refractivity contribution >= 4 is 29.1 Å². The molecule has 10 rings (SSSR count). The molecule has 0 aromatic heterocycles. The molecule has 4 aromatic carbocycles. The molecule has 288 valence electrons. The molecule has 56 heavy (non-hydrogen) atoms. The minimum absolute atomic E-state index is 0.0921. The Hall–Kier alpha value is -5.15. The molecule has 3 atom stereocenters. The molecule has 4 heterocycles. The first kappa shape index (κ1) is 35.3. The van der Waals surface area contributed by atoms with E-state index in [0.29, 0.717) is 30.2 Å². The number of hydrogen-bond acceptors (Lipinski definition) is 7. The van der Waals surface area contributed by atoms with Crippen LogP contribution in [0.25, 0.3) is 0 Å². The zero-order chi connectivity index (χ0) is 38.0. The van der Waals surface area contributed by atoms with Gasteiger partial charge < -0.3 is 19.8 Å². The Bertz CT molecular complexity index is 2190. The summed E-state index contributed by atoms with van der Waals surface area (Å²) in [4.78, 5) is 46.6. The molecule has 0 unspecified atom stereocenters. The number of benzene rings is 4. The third kappa shape index (κ3) is 6.15. The number of rotatable bonds is 6. The van der Waals surface area contributed by atoms with E-state index in [2.05, 4.69) is 80.7 Å². The number of fused-ring (bicyclic) bond motifs is 4. The lowest BCUT2D eigenvalue weighted by Gasteiger charge is -2.44. The fraction of sp³-hybridized carbons (Fsp3) is 0.426. The minimum atomic E-state index is -0.585. The Labute approximate surface area is 329 Å². The minimum Gasteiger partial charge on any atom is -0.508 e. The third-order valence-electron chi connectivity index (χ3n) is 14.2. The van der Waals surface area contributed by atoms with Crippen LogP contribution in [0.2, 0.25) is 0 Å². The van der Waals surface area contributed by atoms with Crippen LogP contribution in [0.4, 0.5) is 11.4 Å². The first-order valence-electron chi connectivity index (χ1n) is 20.8. The van der Waals surface area contributed by atoms with Gasteiger partial charge in [-0.3, -0.25) is 24.6 Å². The van der Waals surface area contributed by atoms with Crippen molar-refractivity contribution in [1.82, 2.24) is 15.1 Å². The average molecular weight is 750 g/mol. The van der Waals surface area contributed by atoms with Gasteiger partial charge in [-0.25, -0.2) is 0 Å². The number of piperidine rings is 2. The first-order chi connectivity index (χ1) is 27.3. The number of phenolic OH excluding ortho intramolecular Hbond substituents is 1. The number of nitrogens with one attached hydrogen (secondary N) is 1. The van der Waals surface area contributed by atoms with Gasteiger partial charge in [-0.1, -0.05) is 42.5 Å². The molecule has 3 fully saturated rings. The van der Waals surface area contributed by atoms with E-state index in [1.54, 1.807) is 4.90 Å². The normalized spacial score (nSPS) is 25.4. The lowest BCUT2D eigenvalue weighted by atomic mass is 9.59. The first-order valence-corrected chi connectivity index (χ1v) is 20.8. The van der Waals surface area contributed by atoms with E-state index < -0.39 is 6.04 Å². The Morgan fingerprint density at radius 1 is 0.696 bits per heavy atom. The second kappa shape index (κ2) is 14.1. The second-order valence-electron chi connectivity index (χ2n) is 17.2. The van der Waals surface area contributed by atoms with E-state index in [-0.39, 0.29) is 35.5 Å². The van der Waals surface area contributed by atoms with E-state index in [9.17, 15) is 19.5 Å². The van der Waals surface area contributed by atoms with Crippen LogP contribution in [0.3, 0.4) is 0 Å². The maximum absolute atomic E-state index is 13.2. The zero-order valence-corrected chi connectivity index (χ0v) is 32.1. The van der Waals surface area contributed by atoms with Gasteiger partial charge in [0.1, 0.15) is 11.8 Å². The standard InChI is InChI=1S/C47H51N5O4/c53-38-10-12-39-34(28-38)16-20-47(19-15-32-3-1-2-4-41(32)47)44(39)33-5-7-36(8-6-33)50-21-17-31(18-22-50)29-49-23-25-51(26-24-49)37-9-11-40-35(27-37)30-52(46(40)56)42-13-14-43(54)48-45(42)55/h1-12,27-28,31,42,44,53H,13-26,29-30H2,(H,48,54,55)/t42-,44+,47+/m0/s1. The highest BCUT2D eigenvalue weighted by molar-refractivity contribution is 6.05. The molecule has 2 N–H and O–H groups in total. The van der Waals surface area contributed by atoms with Crippen LogP contribution in [-0.4, -0.2) is 84.5 Å². The van der Waals surface area contributed by atoms with Crippen LogP contribution >= 0.6 is 0 Å². The summed E-state index contributed by atoms with van der Waals surface area (Å²) in [5.74, 6) is 0.580. The van der Waals surface area contributed by atoms with Crippen molar-refractivity contribution in [3.8, 4) is 5.75 Å². The molecule has 0 saturated carbocycles. The molecule has 9 heteroatoms. The van der Waals surface area contributed by atoms with Crippen molar-refractivity contribution in [3.05, 3.63) is 124 Å². The van der Waals surface area contributed by atoms with Crippen molar-refractivity contribution in [2.45, 2.75) is 75.3 Å². The summed E-state index contributed by atoms with van der Waals surface area (Å²) in [7, 11) is 0. The predicted octanol–water partition coefficient (Wildman–Crippen LogP) is 6.15. The van der Waals surface area contributed by atoms with Crippen molar-refractivity contribution < 1.29 is 19.5 Å². The number of nitrogens with zero attached hydrogens (tertiary/aromatic N) is 4. The topological polar surface area (TPSA) is 96.4 Å². The number of carbonyl (C=O) groups excluding carboxylic acids is 3. The summed E-state index contributed by atoms with van der Waals surface area (Å²) < 4.78 is 0. The average Bonchev–Trinajstić information content (AvgIpc) is 3.75. The number of imide groups is 1. The van der Waals surface area contributed by atoms with Gasteiger partial charge in [-0.15, -0.1) is 0 Å². The van der Waals surface area contributed by atoms with Crippen LogP contribution < -0.4 is 15.1 Å². The highest BCUT2D eigenvalue weighted by Crippen LogP contribution is 2.57. The van der Waals surface area contributed by atoms with Gasteiger partial charge in [0.15, 0.2) is 0 Å². The predicted molar refractivity (Wildman–Crippen MR) is 217 cm³/mol. The molecular weight excluding hydrogens is 699 g/mol. The van der Waals surface area contributed by atoms with Gasteiger partial charge in [0.05, 0.1) is 0 Å². The third-order valence-corrected chi connectivity index (χ3v) is 14.2. The van der Waals surface area contributed by atoms with Crippen LogP contribution in [0.5, 0.6) is 5.75 Å². The van der Waals surface area contributed by atoms with Crippen LogP contribution in [0, 0.1) is 5.92 Å². The monoisotopic (exact) mass is 749 g/mol. The molecule has 3 saturated heterocycles. The number of hydrogen-bond donors (Lipinski definition) is 2. The van der Waals surface area contributed by atoms with E-state index in [4.69, 9.17) is 0 Å². The largest absolute Gasteiger partial charge is 0.508 e. The van der Waals surface area contributed by atoms with E-state index >= 15 is 0 Å². The molecule has 6 aliphatic rings. The molecular formula is C47H51N5O4. The number of anilines is 2. The quantitative estimate of drug-likeness (QED) is 0.229. The molecule has 0 bridgehead atoms. The molecule has 4 aromatic rings. The molecule has 1 spiro atoms. The summed E-state index contributed by atoms with van der Waals surface area (Å²) in [5, 5.41) is 12.7. The van der Waals surface area contributed by atoms with E-state index in [1.165, 1.54) is 52.8 Å². The van der Waals surface area contributed by atoms with Gasteiger partial charge in [-0.2, -0.15) is 0 Å². The fourth-order valence-corrected chi connectivity index (χ4v) is 11.2. The lowest BCUT2D eigenvalue weighted by Crippen LogP contribution is -2.52. The number of aromatic hydroxyl groups is 1. The summed E-state index contributed by atoms with van der Waals surface area (Å²) in [5.41, 5.74) is 11.3. The highest BCUT2D eigenvalue weighted by Gasteiger charge is 2.49. The van der Waals surface area contributed by atoms with Crippen molar-refractivity contribution in [2.75, 3.05) is 55.6 Å². The van der Waals surface area contributed by atoms with Gasteiger partial charge in [0, 0.05) is 87.0 Å². The number of amides is 3. The zero-order valence-electron chi connectivity index (χ0n) is 32.1. The maximum Gasteiger partial charge on any atom is 0.255 e. The lowest BCUT2D eigenvalue weighted by molar-refractivity contribution is -0.136. The molecule has 4 aliphatic heterocycles. The Kier molecular flexibility index (Phi) is 8.88. The number of aryl methyl sites for hydroxylation is 2. The van der Waals surface area contributed by atoms with Gasteiger partial charge >= 0.3 is 0 Å². The number of piperazine rings is 1. The molecule has 3 amide bonds. The molecule has 9 nitrogen and oxygen atoms in total. The Balaban J connectivity index is 0.747. The summed E-state index contributed by atoms with van der Waals surface area (Å²) in [6, 6.07) is 30.2. The highest BCUT2D eigenvalue weighted by atomic mass is 16.3. The summed E-state index contributed by atoms with van der Waals surface area (Å²) in [6.07, 6.45) is 7.46. The second-order valence-corrected chi connectivity index (χ2v) is 17.2. The van der Waals surface area contributed by atoms with Crippen LogP contribution in [-0.2, 0) is 34.4 Å². The summed E-state index contributed by atoms with van der Waals surface area (Å²) >= 11 is 0. The van der Waals surface area contributed by atoms with Gasteiger partial charge in [0.2, 0.25) is 11.8 Å². The SMILES string of the molecule is O=C1CC[C@H](N2Cc3cc(N4CCN(CC5CCN(c6ccc([C@@H]7c8ccc(O)cc8CC[C@@]78CCc7ccccc78)cc6)CC5)CC4)ccc3C2=O)C(=O)N1. The Morgan fingerprint density at radius 3 is 2.21 bits per heavy atom. The van der Waals surface area contributed by atoms with Crippen LogP contribution in [0.15, 0.2) is 84.9 Å². The number of carbonyl (C=O) groups is 3. The maximum atomic E-state index is 13.2. The molecule has 0 radical (unpaired) electrons. The molecule has 2 aliphatic carbocycles. The van der Waals surface area contributed by atoms with Gasteiger partial charge in [-0.05, 0) is 127 Å². The van der Waals surface area contributed by atoms with Crippen molar-refractivity contribution in [3.63, 3.8) is 0 Å².